The van der Waals surface area contributed by atoms with Gasteiger partial charge in [-0.1, -0.05) is 17.7 Å². The summed E-state index contributed by atoms with van der Waals surface area (Å²) < 4.78 is 5.94. The maximum Gasteiger partial charge on any atom is 0.232 e. The molecule has 0 atom stereocenters. The maximum absolute atomic E-state index is 6.10. The van der Waals surface area contributed by atoms with Gasteiger partial charge in [0.05, 0.1) is 0 Å². The van der Waals surface area contributed by atoms with Gasteiger partial charge in [0, 0.05) is 30.7 Å². The number of pyridine rings is 2. The lowest BCUT2D eigenvalue weighted by Gasteiger charge is -2.29. The van der Waals surface area contributed by atoms with Crippen molar-refractivity contribution in [2.75, 3.05) is 0 Å². The van der Waals surface area contributed by atoms with Gasteiger partial charge in [-0.3, -0.25) is 4.98 Å². The van der Waals surface area contributed by atoms with E-state index in [2.05, 4.69) is 28.3 Å². The highest BCUT2D eigenvalue weighted by Crippen LogP contribution is 2.27. The van der Waals surface area contributed by atoms with Gasteiger partial charge in [0.15, 0.2) is 0 Å². The summed E-state index contributed by atoms with van der Waals surface area (Å²) in [7, 11) is 0. The molecule has 4 nitrogen and oxygen atoms in total. The van der Waals surface area contributed by atoms with Crippen molar-refractivity contribution in [1.29, 1.82) is 0 Å². The van der Waals surface area contributed by atoms with Crippen LogP contribution in [0.2, 0.25) is 5.02 Å². The monoisotopic (exact) mass is 331 g/mol. The van der Waals surface area contributed by atoms with E-state index in [0.29, 0.717) is 16.9 Å². The topological polar surface area (TPSA) is 47.0 Å². The minimum atomic E-state index is 0.209. The SMILES string of the molecule is Cc1ncccc1CNC1CCC(Oc2ncccc2Cl)CC1. The van der Waals surface area contributed by atoms with Crippen molar-refractivity contribution >= 4 is 11.6 Å². The van der Waals surface area contributed by atoms with Crippen molar-refractivity contribution in [1.82, 2.24) is 15.3 Å². The van der Waals surface area contributed by atoms with Crippen LogP contribution < -0.4 is 10.1 Å². The molecule has 0 aromatic carbocycles. The predicted molar refractivity (Wildman–Crippen MR) is 91.7 cm³/mol. The Kier molecular flexibility index (Phi) is 5.47. The second-order valence-corrected chi connectivity index (χ2v) is 6.42. The van der Waals surface area contributed by atoms with Gasteiger partial charge in [-0.15, -0.1) is 0 Å². The molecule has 5 heteroatoms. The molecule has 2 heterocycles. The Morgan fingerprint density at radius 2 is 1.87 bits per heavy atom. The molecule has 23 heavy (non-hydrogen) atoms. The smallest absolute Gasteiger partial charge is 0.232 e. The van der Waals surface area contributed by atoms with E-state index in [4.69, 9.17) is 16.3 Å². The van der Waals surface area contributed by atoms with Gasteiger partial charge in [-0.2, -0.15) is 0 Å². The largest absolute Gasteiger partial charge is 0.473 e. The van der Waals surface area contributed by atoms with Crippen molar-refractivity contribution in [3.63, 3.8) is 0 Å². The number of ether oxygens (including phenoxy) is 1. The van der Waals surface area contributed by atoms with Crippen LogP contribution in [0.1, 0.15) is 36.9 Å². The molecular weight excluding hydrogens is 310 g/mol. The molecule has 0 bridgehead atoms. The molecule has 1 N–H and O–H groups in total. The summed E-state index contributed by atoms with van der Waals surface area (Å²) in [5, 5.41) is 4.22. The van der Waals surface area contributed by atoms with Crippen LogP contribution >= 0.6 is 11.6 Å². The number of nitrogens with zero attached hydrogens (tertiary/aromatic N) is 2. The zero-order chi connectivity index (χ0) is 16.1. The summed E-state index contributed by atoms with van der Waals surface area (Å²) in [5.41, 5.74) is 2.37. The van der Waals surface area contributed by atoms with Crippen molar-refractivity contribution in [2.24, 2.45) is 0 Å². The van der Waals surface area contributed by atoms with E-state index in [9.17, 15) is 0 Å². The summed E-state index contributed by atoms with van der Waals surface area (Å²) in [6.45, 7) is 2.93. The summed E-state index contributed by atoms with van der Waals surface area (Å²) >= 11 is 6.10. The average molecular weight is 332 g/mol. The van der Waals surface area contributed by atoms with Gasteiger partial charge in [-0.25, -0.2) is 4.98 Å². The fourth-order valence-electron chi connectivity index (χ4n) is 2.96. The highest BCUT2D eigenvalue weighted by atomic mass is 35.5. The van der Waals surface area contributed by atoms with Crippen LogP contribution in [0.4, 0.5) is 0 Å². The van der Waals surface area contributed by atoms with Crippen LogP contribution in [-0.4, -0.2) is 22.1 Å². The van der Waals surface area contributed by atoms with Crippen LogP contribution in [0.5, 0.6) is 5.88 Å². The first-order chi connectivity index (χ1) is 11.2. The normalized spacial score (nSPS) is 21.1. The van der Waals surface area contributed by atoms with Crippen LogP contribution in [0.3, 0.4) is 0 Å². The van der Waals surface area contributed by atoms with Crippen molar-refractivity contribution in [3.8, 4) is 5.88 Å². The lowest BCUT2D eigenvalue weighted by atomic mass is 9.93. The summed E-state index contributed by atoms with van der Waals surface area (Å²) in [4.78, 5) is 8.53. The molecule has 0 spiro atoms. The molecule has 0 radical (unpaired) electrons. The number of aromatic nitrogens is 2. The standard InChI is InChI=1S/C18H22ClN3O/c1-13-14(4-2-10-20-13)12-22-15-6-8-16(9-7-15)23-18-17(19)5-3-11-21-18/h2-5,10-11,15-16,22H,6-9,12H2,1H3. The van der Waals surface area contributed by atoms with Crippen LogP contribution in [0, 0.1) is 6.92 Å². The number of rotatable bonds is 5. The first-order valence-electron chi connectivity index (χ1n) is 8.13. The Balaban J connectivity index is 1.45. The van der Waals surface area contributed by atoms with Gasteiger partial charge in [-0.05, 0) is 56.4 Å². The number of hydrogen-bond donors (Lipinski definition) is 1. The van der Waals surface area contributed by atoms with E-state index in [0.717, 1.165) is 37.9 Å². The minimum absolute atomic E-state index is 0.209. The Hall–Kier alpha value is -1.65. The van der Waals surface area contributed by atoms with E-state index in [1.54, 1.807) is 6.20 Å². The Morgan fingerprint density at radius 1 is 1.13 bits per heavy atom. The van der Waals surface area contributed by atoms with Gasteiger partial charge >= 0.3 is 0 Å². The van der Waals surface area contributed by atoms with Crippen LogP contribution in [0.25, 0.3) is 0 Å². The molecule has 2 aromatic rings. The van der Waals surface area contributed by atoms with E-state index >= 15 is 0 Å². The molecule has 3 rings (SSSR count). The molecule has 1 saturated carbocycles. The zero-order valence-electron chi connectivity index (χ0n) is 13.3. The molecule has 1 aliphatic carbocycles. The number of nitrogens with one attached hydrogen (secondary N) is 1. The first-order valence-corrected chi connectivity index (χ1v) is 8.51. The molecule has 2 aromatic heterocycles. The van der Waals surface area contributed by atoms with Crippen molar-refractivity contribution < 1.29 is 4.74 Å². The molecule has 0 unspecified atom stereocenters. The zero-order valence-corrected chi connectivity index (χ0v) is 14.1. The van der Waals surface area contributed by atoms with Gasteiger partial charge in [0.1, 0.15) is 11.1 Å². The summed E-state index contributed by atoms with van der Waals surface area (Å²) in [6.07, 6.45) is 8.02. The van der Waals surface area contributed by atoms with Crippen molar-refractivity contribution in [3.05, 3.63) is 52.9 Å². The second-order valence-electron chi connectivity index (χ2n) is 6.01. The molecule has 1 fully saturated rings. The van der Waals surface area contributed by atoms with E-state index in [1.807, 2.05) is 24.4 Å². The minimum Gasteiger partial charge on any atom is -0.473 e. The molecular formula is C18H22ClN3O. The average Bonchev–Trinajstić information content (AvgIpc) is 2.57. The van der Waals surface area contributed by atoms with Crippen molar-refractivity contribution in [2.45, 2.75) is 51.3 Å². The van der Waals surface area contributed by atoms with Gasteiger partial charge in [0.2, 0.25) is 5.88 Å². The second kappa shape index (κ2) is 7.75. The van der Waals surface area contributed by atoms with Crippen LogP contribution in [0.15, 0.2) is 36.7 Å². The Labute approximate surface area is 142 Å². The fraction of sp³-hybridized carbons (Fsp3) is 0.444. The number of halogens is 1. The molecule has 122 valence electrons. The van der Waals surface area contributed by atoms with Crippen LogP contribution in [-0.2, 0) is 6.54 Å². The molecule has 0 saturated heterocycles. The van der Waals surface area contributed by atoms with E-state index in [1.165, 1.54) is 5.56 Å². The molecule has 1 aliphatic rings. The predicted octanol–water partition coefficient (Wildman–Crippen LogP) is 3.92. The molecule has 0 amide bonds. The van der Waals surface area contributed by atoms with E-state index in [-0.39, 0.29) is 6.10 Å². The highest BCUT2D eigenvalue weighted by Gasteiger charge is 2.23. The fourth-order valence-corrected chi connectivity index (χ4v) is 3.13. The highest BCUT2D eigenvalue weighted by molar-refractivity contribution is 6.31. The maximum atomic E-state index is 6.10. The molecule has 0 aliphatic heterocycles. The summed E-state index contributed by atoms with van der Waals surface area (Å²) in [5.74, 6) is 0.552. The van der Waals surface area contributed by atoms with E-state index < -0.39 is 0 Å². The van der Waals surface area contributed by atoms with Gasteiger partial charge in [0.25, 0.3) is 0 Å². The third-order valence-electron chi connectivity index (χ3n) is 4.37. The number of hydrogen-bond acceptors (Lipinski definition) is 4. The quantitative estimate of drug-likeness (QED) is 0.902. The Morgan fingerprint density at radius 3 is 2.61 bits per heavy atom. The lowest BCUT2D eigenvalue weighted by molar-refractivity contribution is 0.134. The first kappa shape index (κ1) is 16.2. The third kappa shape index (κ3) is 4.43. The number of aryl methyl sites for hydroxylation is 1. The Bertz CT molecular complexity index is 642. The lowest BCUT2D eigenvalue weighted by Crippen LogP contribution is -2.36. The third-order valence-corrected chi connectivity index (χ3v) is 4.66. The summed E-state index contributed by atoms with van der Waals surface area (Å²) in [6, 6.07) is 8.29. The van der Waals surface area contributed by atoms with Gasteiger partial charge < -0.3 is 10.1 Å².